The minimum absolute atomic E-state index is 0.0367. The normalized spacial score (nSPS) is 20.7. The van der Waals surface area contributed by atoms with Crippen molar-refractivity contribution in [3.63, 3.8) is 0 Å². The molecule has 0 aromatic heterocycles. The molecule has 1 saturated heterocycles. The fraction of sp³-hybridized carbons (Fsp3) is 0.682. The smallest absolute Gasteiger partial charge is 0.317 e. The van der Waals surface area contributed by atoms with Crippen LogP contribution in [0.2, 0.25) is 0 Å². The van der Waals surface area contributed by atoms with Crippen LogP contribution >= 0.6 is 0 Å². The fourth-order valence-electron chi connectivity index (χ4n) is 4.41. The standard InChI is InChI=1S/C22H34N2O3/c1-27-17-22(12-5-13-22)16-23-21(26)24-14-10-19(11-15-24)20(25)9-8-18-6-3-2-4-7-18/h2-4,6-7,19-20,25H,5,8-17H2,1H3,(H,23,26)/t20-/m1/s1. The van der Waals surface area contributed by atoms with Gasteiger partial charge in [-0.1, -0.05) is 36.8 Å². The Kier molecular flexibility index (Phi) is 7.13. The van der Waals surface area contributed by atoms with Gasteiger partial charge in [0.2, 0.25) is 0 Å². The van der Waals surface area contributed by atoms with Gasteiger partial charge in [-0.3, -0.25) is 0 Å². The van der Waals surface area contributed by atoms with Crippen molar-refractivity contribution in [1.82, 2.24) is 10.2 Å². The summed E-state index contributed by atoms with van der Waals surface area (Å²) in [5.74, 6) is 0.296. The second-order valence-corrected chi connectivity index (χ2v) is 8.36. The number of hydrogen-bond acceptors (Lipinski definition) is 3. The third-order valence-electron chi connectivity index (χ3n) is 6.42. The van der Waals surface area contributed by atoms with Crippen LogP contribution in [0.25, 0.3) is 0 Å². The van der Waals surface area contributed by atoms with E-state index in [1.165, 1.54) is 12.0 Å². The Morgan fingerprint density at radius 3 is 2.59 bits per heavy atom. The van der Waals surface area contributed by atoms with E-state index in [1.807, 2.05) is 23.1 Å². The van der Waals surface area contributed by atoms with Gasteiger partial charge in [0.1, 0.15) is 0 Å². The van der Waals surface area contributed by atoms with Crippen LogP contribution in [-0.4, -0.2) is 55.5 Å². The Labute approximate surface area is 163 Å². The molecule has 5 heteroatoms. The summed E-state index contributed by atoms with van der Waals surface area (Å²) in [7, 11) is 1.73. The molecule has 5 nitrogen and oxygen atoms in total. The second-order valence-electron chi connectivity index (χ2n) is 8.36. The van der Waals surface area contributed by atoms with Crippen LogP contribution in [0.15, 0.2) is 30.3 Å². The Balaban J connectivity index is 1.37. The number of amides is 2. The third-order valence-corrected chi connectivity index (χ3v) is 6.42. The first-order valence-corrected chi connectivity index (χ1v) is 10.4. The molecule has 3 rings (SSSR count). The Morgan fingerprint density at radius 2 is 2.00 bits per heavy atom. The van der Waals surface area contributed by atoms with Gasteiger partial charge in [-0.25, -0.2) is 4.79 Å². The number of methoxy groups -OCH3 is 1. The number of aryl methyl sites for hydroxylation is 1. The topological polar surface area (TPSA) is 61.8 Å². The number of hydrogen-bond donors (Lipinski definition) is 2. The summed E-state index contributed by atoms with van der Waals surface area (Å²) in [6, 6.07) is 10.4. The molecule has 27 heavy (non-hydrogen) atoms. The molecule has 1 atom stereocenters. The minimum Gasteiger partial charge on any atom is -0.393 e. The Morgan fingerprint density at radius 1 is 1.30 bits per heavy atom. The van der Waals surface area contributed by atoms with Gasteiger partial charge in [-0.15, -0.1) is 0 Å². The average molecular weight is 375 g/mol. The molecule has 0 spiro atoms. The van der Waals surface area contributed by atoms with Crippen LogP contribution in [-0.2, 0) is 11.2 Å². The lowest BCUT2D eigenvalue weighted by atomic mass is 9.69. The van der Waals surface area contributed by atoms with Gasteiger partial charge in [0.15, 0.2) is 0 Å². The van der Waals surface area contributed by atoms with E-state index >= 15 is 0 Å². The molecule has 0 radical (unpaired) electrons. The van der Waals surface area contributed by atoms with Crippen molar-refractivity contribution in [2.45, 2.75) is 51.0 Å². The molecular weight excluding hydrogens is 340 g/mol. The monoisotopic (exact) mass is 374 g/mol. The van der Waals surface area contributed by atoms with Gasteiger partial charge in [-0.2, -0.15) is 0 Å². The number of likely N-dealkylation sites (tertiary alicyclic amines) is 1. The molecule has 2 aliphatic rings. The van der Waals surface area contributed by atoms with E-state index in [9.17, 15) is 9.90 Å². The summed E-state index contributed by atoms with van der Waals surface area (Å²) in [6.45, 7) is 2.90. The molecule has 0 bridgehead atoms. The zero-order valence-electron chi connectivity index (χ0n) is 16.5. The van der Waals surface area contributed by atoms with E-state index < -0.39 is 0 Å². The van der Waals surface area contributed by atoms with Crippen LogP contribution in [0, 0.1) is 11.3 Å². The first kappa shape index (κ1) is 20.2. The maximum absolute atomic E-state index is 12.5. The number of aliphatic hydroxyl groups is 1. The third kappa shape index (κ3) is 5.45. The van der Waals surface area contributed by atoms with Crippen molar-refractivity contribution in [3.8, 4) is 0 Å². The number of carbonyl (C=O) groups is 1. The Hall–Kier alpha value is -1.59. The minimum atomic E-state index is -0.282. The molecule has 1 aliphatic heterocycles. The lowest BCUT2D eigenvalue weighted by Gasteiger charge is -2.42. The van der Waals surface area contributed by atoms with Crippen molar-refractivity contribution in [2.75, 3.05) is 33.4 Å². The molecule has 1 aromatic rings. The highest BCUT2D eigenvalue weighted by atomic mass is 16.5. The van der Waals surface area contributed by atoms with Crippen molar-refractivity contribution in [2.24, 2.45) is 11.3 Å². The highest BCUT2D eigenvalue weighted by Gasteiger charge is 2.37. The van der Waals surface area contributed by atoms with Crippen molar-refractivity contribution in [1.29, 1.82) is 0 Å². The van der Waals surface area contributed by atoms with Crippen LogP contribution < -0.4 is 5.32 Å². The van der Waals surface area contributed by atoms with Crippen molar-refractivity contribution < 1.29 is 14.6 Å². The van der Waals surface area contributed by atoms with E-state index in [0.717, 1.165) is 58.2 Å². The SMILES string of the molecule is COCC1(CNC(=O)N2CCC([C@H](O)CCc3ccccc3)CC2)CCC1. The molecular formula is C22H34N2O3. The highest BCUT2D eigenvalue weighted by Crippen LogP contribution is 2.40. The molecule has 0 unspecified atom stereocenters. The number of benzene rings is 1. The number of urea groups is 1. The van der Waals surface area contributed by atoms with Crippen molar-refractivity contribution >= 4 is 6.03 Å². The molecule has 1 heterocycles. The van der Waals surface area contributed by atoms with Gasteiger partial charge in [-0.05, 0) is 50.0 Å². The van der Waals surface area contributed by atoms with E-state index in [2.05, 4.69) is 17.4 Å². The molecule has 2 fully saturated rings. The van der Waals surface area contributed by atoms with Crippen LogP contribution in [0.1, 0.15) is 44.1 Å². The van der Waals surface area contributed by atoms with E-state index in [-0.39, 0.29) is 17.6 Å². The molecule has 2 N–H and O–H groups in total. The molecule has 1 saturated carbocycles. The van der Waals surface area contributed by atoms with E-state index in [1.54, 1.807) is 7.11 Å². The number of nitrogens with zero attached hydrogens (tertiary/aromatic N) is 1. The van der Waals surface area contributed by atoms with Gasteiger partial charge in [0, 0.05) is 32.2 Å². The van der Waals surface area contributed by atoms with Gasteiger partial charge < -0.3 is 20.1 Å². The van der Waals surface area contributed by atoms with Crippen molar-refractivity contribution in [3.05, 3.63) is 35.9 Å². The fourth-order valence-corrected chi connectivity index (χ4v) is 4.41. The quantitative estimate of drug-likeness (QED) is 0.734. The number of piperidine rings is 1. The predicted octanol–water partition coefficient (Wildman–Crippen LogP) is 3.22. The summed E-state index contributed by atoms with van der Waals surface area (Å²) in [5, 5.41) is 13.7. The number of nitrogens with one attached hydrogen (secondary N) is 1. The zero-order valence-corrected chi connectivity index (χ0v) is 16.5. The van der Waals surface area contributed by atoms with Crippen LogP contribution in [0.3, 0.4) is 0 Å². The summed E-state index contributed by atoms with van der Waals surface area (Å²) >= 11 is 0. The van der Waals surface area contributed by atoms with Gasteiger partial charge in [0.25, 0.3) is 0 Å². The summed E-state index contributed by atoms with van der Waals surface area (Å²) in [4.78, 5) is 14.4. The molecule has 150 valence electrons. The molecule has 1 aliphatic carbocycles. The molecule has 2 amide bonds. The van der Waals surface area contributed by atoms with Gasteiger partial charge in [0.05, 0.1) is 12.7 Å². The van der Waals surface area contributed by atoms with Crippen LogP contribution in [0.5, 0.6) is 0 Å². The second kappa shape index (κ2) is 9.56. The zero-order chi connectivity index (χ0) is 19.1. The lowest BCUT2D eigenvalue weighted by molar-refractivity contribution is 0.0180. The average Bonchev–Trinajstić information content (AvgIpc) is 2.68. The summed E-state index contributed by atoms with van der Waals surface area (Å²) < 4.78 is 5.33. The predicted molar refractivity (Wildman–Crippen MR) is 107 cm³/mol. The summed E-state index contributed by atoms with van der Waals surface area (Å²) in [5.41, 5.74) is 1.42. The number of ether oxygens (including phenoxy) is 1. The molecule has 1 aromatic carbocycles. The number of carbonyl (C=O) groups excluding carboxylic acids is 1. The largest absolute Gasteiger partial charge is 0.393 e. The maximum atomic E-state index is 12.5. The maximum Gasteiger partial charge on any atom is 0.317 e. The van der Waals surface area contributed by atoms with Gasteiger partial charge >= 0.3 is 6.03 Å². The Bertz CT molecular complexity index is 580. The number of aliphatic hydroxyl groups excluding tert-OH is 1. The van der Waals surface area contributed by atoms with E-state index in [0.29, 0.717) is 12.5 Å². The first-order valence-electron chi connectivity index (χ1n) is 10.4. The summed E-state index contributed by atoms with van der Waals surface area (Å²) in [6.07, 6.45) is 6.68. The van der Waals surface area contributed by atoms with Crippen LogP contribution in [0.4, 0.5) is 4.79 Å². The van der Waals surface area contributed by atoms with E-state index in [4.69, 9.17) is 4.74 Å². The highest BCUT2D eigenvalue weighted by molar-refractivity contribution is 5.74. The lowest BCUT2D eigenvalue weighted by Crippen LogP contribution is -2.51. The number of rotatable bonds is 8. The first-order chi connectivity index (χ1) is 13.1.